The highest BCUT2D eigenvalue weighted by molar-refractivity contribution is 6.01. The van der Waals surface area contributed by atoms with Gasteiger partial charge >= 0.3 is 0 Å². The molecule has 0 aliphatic carbocycles. The molecule has 110 valence electrons. The second-order valence-electron chi connectivity index (χ2n) is 5.04. The Kier molecular flexibility index (Phi) is 3.59. The Morgan fingerprint density at radius 2 is 1.36 bits per heavy atom. The molecule has 3 aromatic rings. The van der Waals surface area contributed by atoms with Crippen LogP contribution in [0.25, 0.3) is 22.5 Å². The minimum atomic E-state index is -0.335. The van der Waals surface area contributed by atoms with Gasteiger partial charge in [-0.2, -0.15) is 0 Å². The SMILES string of the molecule is CC(=O)c1cc(-c2ccc(F)cc2)[nH]c1-c1ccc(F)cc1. The lowest BCUT2D eigenvalue weighted by Crippen LogP contribution is -1.92. The lowest BCUT2D eigenvalue weighted by molar-refractivity contribution is 0.101. The molecule has 0 radical (unpaired) electrons. The fourth-order valence-corrected chi connectivity index (χ4v) is 2.36. The molecule has 0 saturated carbocycles. The van der Waals surface area contributed by atoms with Crippen molar-refractivity contribution in [2.75, 3.05) is 0 Å². The van der Waals surface area contributed by atoms with E-state index in [4.69, 9.17) is 0 Å². The van der Waals surface area contributed by atoms with Gasteiger partial charge in [-0.1, -0.05) is 0 Å². The molecule has 0 amide bonds. The minimum absolute atomic E-state index is 0.0936. The number of hydrogen-bond acceptors (Lipinski definition) is 1. The number of halogens is 2. The normalized spacial score (nSPS) is 10.7. The maximum atomic E-state index is 13.1. The highest BCUT2D eigenvalue weighted by atomic mass is 19.1. The Hall–Kier alpha value is -2.75. The molecule has 0 aliphatic rings. The van der Waals surface area contributed by atoms with E-state index in [2.05, 4.69) is 4.98 Å². The van der Waals surface area contributed by atoms with E-state index in [0.29, 0.717) is 17.0 Å². The molecule has 2 nitrogen and oxygen atoms in total. The lowest BCUT2D eigenvalue weighted by atomic mass is 10.1. The van der Waals surface area contributed by atoms with Gasteiger partial charge in [0.05, 0.1) is 5.69 Å². The number of carbonyl (C=O) groups excluding carboxylic acids is 1. The third-order valence-corrected chi connectivity index (χ3v) is 3.49. The molecule has 0 aliphatic heterocycles. The zero-order chi connectivity index (χ0) is 15.7. The average Bonchev–Trinajstić information content (AvgIpc) is 2.94. The van der Waals surface area contributed by atoms with Crippen LogP contribution in [-0.4, -0.2) is 10.8 Å². The maximum absolute atomic E-state index is 13.1. The molecule has 0 atom stereocenters. The molecule has 0 spiro atoms. The van der Waals surface area contributed by atoms with Crippen LogP contribution in [-0.2, 0) is 0 Å². The molecule has 0 unspecified atom stereocenters. The molecule has 0 bridgehead atoms. The number of aromatic amines is 1. The van der Waals surface area contributed by atoms with E-state index in [1.807, 2.05) is 0 Å². The molecule has 0 fully saturated rings. The summed E-state index contributed by atoms with van der Waals surface area (Å²) in [4.78, 5) is 15.0. The maximum Gasteiger partial charge on any atom is 0.161 e. The molecule has 1 aromatic heterocycles. The van der Waals surface area contributed by atoms with Gasteiger partial charge in [-0.05, 0) is 72.6 Å². The van der Waals surface area contributed by atoms with E-state index in [1.54, 1.807) is 30.3 Å². The van der Waals surface area contributed by atoms with Gasteiger partial charge in [0, 0.05) is 11.3 Å². The van der Waals surface area contributed by atoms with Gasteiger partial charge in [0.25, 0.3) is 0 Å². The number of benzene rings is 2. The van der Waals surface area contributed by atoms with Crippen LogP contribution in [0.2, 0.25) is 0 Å². The Balaban J connectivity index is 2.11. The van der Waals surface area contributed by atoms with Gasteiger partial charge in [-0.3, -0.25) is 4.79 Å². The Morgan fingerprint density at radius 3 is 1.86 bits per heavy atom. The van der Waals surface area contributed by atoms with Crippen molar-refractivity contribution in [1.29, 1.82) is 0 Å². The van der Waals surface area contributed by atoms with Crippen LogP contribution in [0.5, 0.6) is 0 Å². The monoisotopic (exact) mass is 297 g/mol. The number of nitrogens with one attached hydrogen (secondary N) is 1. The topological polar surface area (TPSA) is 32.9 Å². The summed E-state index contributed by atoms with van der Waals surface area (Å²) in [7, 11) is 0. The summed E-state index contributed by atoms with van der Waals surface area (Å²) >= 11 is 0. The summed E-state index contributed by atoms with van der Waals surface area (Å²) in [5, 5.41) is 0. The van der Waals surface area contributed by atoms with Crippen molar-refractivity contribution >= 4 is 5.78 Å². The van der Waals surface area contributed by atoms with Gasteiger partial charge in [-0.25, -0.2) is 8.78 Å². The molecule has 2 aromatic carbocycles. The third-order valence-electron chi connectivity index (χ3n) is 3.49. The summed E-state index contributed by atoms with van der Waals surface area (Å²) in [6, 6.07) is 13.6. The minimum Gasteiger partial charge on any atom is -0.354 e. The standard InChI is InChI=1S/C18H13F2NO/c1-11(22)16-10-17(12-2-6-14(19)7-3-12)21-18(16)13-4-8-15(20)9-5-13/h2-10,21H,1H3. The lowest BCUT2D eigenvalue weighted by Gasteiger charge is -2.02. The summed E-state index contributed by atoms with van der Waals surface area (Å²) < 4.78 is 26.1. The Morgan fingerprint density at radius 1 is 0.864 bits per heavy atom. The van der Waals surface area contributed by atoms with Crippen molar-refractivity contribution in [1.82, 2.24) is 4.98 Å². The van der Waals surface area contributed by atoms with Gasteiger partial charge in [0.15, 0.2) is 5.78 Å². The first-order valence-corrected chi connectivity index (χ1v) is 6.80. The molecule has 1 N–H and O–H groups in total. The molecule has 3 rings (SSSR count). The van der Waals surface area contributed by atoms with Crippen LogP contribution in [0.4, 0.5) is 8.78 Å². The van der Waals surface area contributed by atoms with E-state index < -0.39 is 0 Å². The highest BCUT2D eigenvalue weighted by Crippen LogP contribution is 2.29. The molecular weight excluding hydrogens is 284 g/mol. The number of Topliss-reactive ketones (excluding diaryl/α,β-unsaturated/α-hetero) is 1. The molecular formula is C18H13F2NO. The van der Waals surface area contributed by atoms with Crippen LogP contribution >= 0.6 is 0 Å². The van der Waals surface area contributed by atoms with E-state index >= 15 is 0 Å². The van der Waals surface area contributed by atoms with Gasteiger partial charge in [-0.15, -0.1) is 0 Å². The predicted octanol–water partition coefficient (Wildman–Crippen LogP) is 4.83. The number of rotatable bonds is 3. The van der Waals surface area contributed by atoms with Crippen LogP contribution < -0.4 is 0 Å². The predicted molar refractivity (Wildman–Crippen MR) is 81.6 cm³/mol. The first kappa shape index (κ1) is 14.2. The summed E-state index contributed by atoms with van der Waals surface area (Å²) in [5.74, 6) is -0.747. The van der Waals surface area contributed by atoms with Gasteiger partial charge in [0.2, 0.25) is 0 Å². The smallest absolute Gasteiger partial charge is 0.161 e. The van der Waals surface area contributed by atoms with E-state index in [1.165, 1.54) is 31.2 Å². The number of carbonyl (C=O) groups is 1. The van der Waals surface area contributed by atoms with Crippen LogP contribution in [0.1, 0.15) is 17.3 Å². The molecule has 4 heteroatoms. The first-order valence-electron chi connectivity index (χ1n) is 6.80. The first-order chi connectivity index (χ1) is 10.5. The zero-order valence-electron chi connectivity index (χ0n) is 11.9. The van der Waals surface area contributed by atoms with Crippen LogP contribution in [0, 0.1) is 11.6 Å². The van der Waals surface area contributed by atoms with E-state index in [-0.39, 0.29) is 17.4 Å². The average molecular weight is 297 g/mol. The summed E-state index contributed by atoms with van der Waals surface area (Å²) in [6.07, 6.45) is 0. The second kappa shape index (κ2) is 5.56. The number of hydrogen-bond donors (Lipinski definition) is 1. The van der Waals surface area contributed by atoms with Crippen molar-refractivity contribution < 1.29 is 13.6 Å². The summed E-state index contributed by atoms with van der Waals surface area (Å²) in [5.41, 5.74) is 3.36. The quantitative estimate of drug-likeness (QED) is 0.690. The Bertz CT molecular complexity index is 817. The van der Waals surface area contributed by atoms with Crippen molar-refractivity contribution in [2.24, 2.45) is 0 Å². The van der Waals surface area contributed by atoms with Crippen molar-refractivity contribution in [3.05, 3.63) is 71.8 Å². The largest absolute Gasteiger partial charge is 0.354 e. The van der Waals surface area contributed by atoms with Crippen LogP contribution in [0.15, 0.2) is 54.6 Å². The molecule has 0 saturated heterocycles. The fourth-order valence-electron chi connectivity index (χ4n) is 2.36. The Labute approximate surface area is 126 Å². The third kappa shape index (κ3) is 2.68. The fraction of sp³-hybridized carbons (Fsp3) is 0.0556. The zero-order valence-corrected chi connectivity index (χ0v) is 11.9. The number of H-pyrrole nitrogens is 1. The highest BCUT2D eigenvalue weighted by Gasteiger charge is 2.15. The number of aromatic nitrogens is 1. The van der Waals surface area contributed by atoms with E-state index in [0.717, 1.165) is 11.1 Å². The van der Waals surface area contributed by atoms with Crippen molar-refractivity contribution in [2.45, 2.75) is 6.92 Å². The summed E-state index contributed by atoms with van der Waals surface area (Å²) in [6.45, 7) is 1.48. The van der Waals surface area contributed by atoms with Gasteiger partial charge in [0.1, 0.15) is 11.6 Å². The number of ketones is 1. The van der Waals surface area contributed by atoms with Crippen molar-refractivity contribution in [3.63, 3.8) is 0 Å². The van der Waals surface area contributed by atoms with Crippen molar-refractivity contribution in [3.8, 4) is 22.5 Å². The van der Waals surface area contributed by atoms with E-state index in [9.17, 15) is 13.6 Å². The second-order valence-corrected chi connectivity index (χ2v) is 5.04. The molecule has 22 heavy (non-hydrogen) atoms. The molecule has 1 heterocycles. The van der Waals surface area contributed by atoms with Gasteiger partial charge < -0.3 is 4.98 Å². The van der Waals surface area contributed by atoms with Crippen LogP contribution in [0.3, 0.4) is 0 Å².